The van der Waals surface area contributed by atoms with E-state index in [-0.39, 0.29) is 11.6 Å². The molecular formula is C21H24FN5O2S. The van der Waals surface area contributed by atoms with Crippen LogP contribution >= 0.6 is 0 Å². The lowest BCUT2D eigenvalue weighted by molar-refractivity contribution is 0.101. The molecule has 1 amide bonds. The van der Waals surface area contributed by atoms with Crippen LogP contribution in [0.25, 0.3) is 6.08 Å². The van der Waals surface area contributed by atoms with E-state index >= 15 is 0 Å². The summed E-state index contributed by atoms with van der Waals surface area (Å²) in [4.78, 5) is 13.5. The van der Waals surface area contributed by atoms with E-state index in [4.69, 9.17) is 5.26 Å². The van der Waals surface area contributed by atoms with Gasteiger partial charge in [0, 0.05) is 37.6 Å². The predicted molar refractivity (Wildman–Crippen MR) is 115 cm³/mol. The number of rotatable bonds is 4. The Morgan fingerprint density at radius 1 is 1.47 bits per heavy atom. The van der Waals surface area contributed by atoms with E-state index in [9.17, 15) is 13.4 Å². The van der Waals surface area contributed by atoms with Crippen molar-refractivity contribution in [3.05, 3.63) is 53.1 Å². The van der Waals surface area contributed by atoms with Gasteiger partial charge in [0.2, 0.25) is 0 Å². The van der Waals surface area contributed by atoms with Gasteiger partial charge in [-0.3, -0.25) is 4.79 Å². The maximum absolute atomic E-state index is 13.6. The largest absolute Gasteiger partial charge is 0.345 e. The van der Waals surface area contributed by atoms with Crippen LogP contribution in [0.5, 0.6) is 0 Å². The summed E-state index contributed by atoms with van der Waals surface area (Å²) in [5.41, 5.74) is 0.952. The number of amides is 1. The highest BCUT2D eigenvalue weighted by molar-refractivity contribution is 7.91. The zero-order valence-corrected chi connectivity index (χ0v) is 18.1. The molecule has 0 radical (unpaired) electrons. The van der Waals surface area contributed by atoms with Crippen LogP contribution in [0.4, 0.5) is 10.1 Å². The number of hydrogen-bond donors (Lipinski definition) is 2. The number of carbonyl (C=O) groups is 1. The smallest absolute Gasteiger partial charge is 0.272 e. The van der Waals surface area contributed by atoms with Crippen molar-refractivity contribution in [1.29, 1.82) is 5.26 Å². The van der Waals surface area contributed by atoms with Gasteiger partial charge < -0.3 is 9.88 Å². The summed E-state index contributed by atoms with van der Waals surface area (Å²) < 4.78 is 35.9. The Kier molecular flexibility index (Phi) is 6.10. The van der Waals surface area contributed by atoms with E-state index in [1.807, 2.05) is 6.08 Å². The molecule has 1 aliphatic heterocycles. The molecule has 3 rings (SSSR count). The zero-order valence-electron chi connectivity index (χ0n) is 17.3. The maximum atomic E-state index is 13.6. The third kappa shape index (κ3) is 4.15. The van der Waals surface area contributed by atoms with E-state index in [2.05, 4.69) is 28.2 Å². The molecule has 1 aromatic carbocycles. The molecule has 0 aliphatic carbocycles. The van der Waals surface area contributed by atoms with Crippen LogP contribution in [0, 0.1) is 23.1 Å². The number of hydrogen-bond acceptors (Lipinski definition) is 4. The van der Waals surface area contributed by atoms with Gasteiger partial charge in [-0.2, -0.15) is 5.26 Å². The Bertz CT molecular complexity index is 1180. The Morgan fingerprint density at radius 3 is 2.83 bits per heavy atom. The molecule has 158 valence electrons. The molecule has 2 heterocycles. The summed E-state index contributed by atoms with van der Waals surface area (Å²) in [6, 6.07) is 5.39. The first-order valence-electron chi connectivity index (χ1n) is 9.49. The minimum Gasteiger partial charge on any atom is -0.345 e. The van der Waals surface area contributed by atoms with E-state index in [1.54, 1.807) is 30.0 Å². The summed E-state index contributed by atoms with van der Waals surface area (Å²) in [6.07, 6.45) is 6.11. The fourth-order valence-corrected chi connectivity index (χ4v) is 5.24. The van der Waals surface area contributed by atoms with Crippen molar-refractivity contribution in [2.45, 2.75) is 31.2 Å². The van der Waals surface area contributed by atoms with Gasteiger partial charge in [0.25, 0.3) is 5.91 Å². The SMILES string of the molecule is CN=S1(=O)N[C@@H](CC(C)C)C=Cc2c1cn(C)c2C(=O)Nc1ccc(F)c(C#N)c1. The lowest BCUT2D eigenvalue weighted by Gasteiger charge is -2.18. The van der Waals surface area contributed by atoms with Crippen LogP contribution in [-0.2, 0) is 17.0 Å². The summed E-state index contributed by atoms with van der Waals surface area (Å²) in [5.74, 6) is -0.733. The molecular weight excluding hydrogens is 405 g/mol. The van der Waals surface area contributed by atoms with Crippen molar-refractivity contribution < 1.29 is 13.4 Å². The number of nitriles is 1. The molecule has 7 nitrogen and oxygen atoms in total. The summed E-state index contributed by atoms with van der Waals surface area (Å²) in [6.45, 7) is 4.16. The molecule has 1 unspecified atom stereocenters. The molecule has 9 heteroatoms. The van der Waals surface area contributed by atoms with Crippen molar-refractivity contribution >= 4 is 27.6 Å². The number of aromatic nitrogens is 1. The van der Waals surface area contributed by atoms with Gasteiger partial charge in [0.05, 0.1) is 10.5 Å². The first kappa shape index (κ1) is 21.7. The third-order valence-corrected chi connectivity index (χ3v) is 6.89. The lowest BCUT2D eigenvalue weighted by Crippen LogP contribution is -2.33. The molecule has 2 aromatic rings. The average molecular weight is 430 g/mol. The highest BCUT2D eigenvalue weighted by Gasteiger charge is 2.29. The molecule has 0 fully saturated rings. The van der Waals surface area contributed by atoms with Gasteiger partial charge in [-0.05, 0) is 30.5 Å². The van der Waals surface area contributed by atoms with Crippen molar-refractivity contribution in [1.82, 2.24) is 9.29 Å². The topological polar surface area (TPSA) is 99.3 Å². The van der Waals surface area contributed by atoms with Gasteiger partial charge in [-0.25, -0.2) is 17.7 Å². The zero-order chi connectivity index (χ0) is 22.1. The van der Waals surface area contributed by atoms with Gasteiger partial charge in [-0.1, -0.05) is 26.0 Å². The minimum atomic E-state index is -2.92. The standard InChI is InChI=1S/C21H24FN5O2S/c1-13(2)9-16-5-7-17-19(30(29,24-3)26-16)12-27(4)20(17)21(28)25-15-6-8-18(22)14(10-15)11-23/h5-8,10,12-13,16H,9H2,1-4H3,(H,25,28)(H,24,26,29)/t16-,30?/m1/s1. The Morgan fingerprint density at radius 2 is 2.20 bits per heavy atom. The maximum Gasteiger partial charge on any atom is 0.272 e. The molecule has 0 bridgehead atoms. The number of fused-ring (bicyclic) bond motifs is 1. The van der Waals surface area contributed by atoms with Crippen LogP contribution < -0.4 is 10.0 Å². The molecule has 0 saturated heterocycles. The minimum absolute atomic E-state index is 0.148. The number of nitrogens with one attached hydrogen (secondary N) is 2. The van der Waals surface area contributed by atoms with Crippen LogP contribution in [0.3, 0.4) is 0 Å². The molecule has 2 atom stereocenters. The molecule has 0 saturated carbocycles. The number of nitrogens with zero attached hydrogens (tertiary/aromatic N) is 3. The predicted octanol–water partition coefficient (Wildman–Crippen LogP) is 3.69. The van der Waals surface area contributed by atoms with E-state index in [0.717, 1.165) is 12.5 Å². The second kappa shape index (κ2) is 8.42. The second-order valence-corrected chi connectivity index (χ2v) is 9.64. The normalized spacial score (nSPS) is 20.4. The first-order valence-corrected chi connectivity index (χ1v) is 11.0. The molecule has 1 aliphatic rings. The van der Waals surface area contributed by atoms with E-state index in [1.165, 1.54) is 19.2 Å². The Balaban J connectivity index is 2.04. The number of halogens is 1. The Hall–Kier alpha value is -2.96. The van der Waals surface area contributed by atoms with Gasteiger partial charge in [0.15, 0.2) is 0 Å². The van der Waals surface area contributed by atoms with Gasteiger partial charge >= 0.3 is 0 Å². The van der Waals surface area contributed by atoms with Crippen LogP contribution in [0.1, 0.15) is 41.9 Å². The van der Waals surface area contributed by atoms with E-state index < -0.39 is 21.6 Å². The lowest BCUT2D eigenvalue weighted by atomic mass is 10.0. The number of benzene rings is 1. The van der Waals surface area contributed by atoms with E-state index in [0.29, 0.717) is 27.8 Å². The van der Waals surface area contributed by atoms with Crippen molar-refractivity contribution in [3.63, 3.8) is 0 Å². The second-order valence-electron chi connectivity index (χ2n) is 7.55. The quantitative estimate of drug-likeness (QED) is 0.775. The van der Waals surface area contributed by atoms with Crippen LogP contribution in [0.2, 0.25) is 0 Å². The fourth-order valence-electron chi connectivity index (χ4n) is 3.47. The van der Waals surface area contributed by atoms with Crippen molar-refractivity contribution in [3.8, 4) is 6.07 Å². The van der Waals surface area contributed by atoms with Crippen molar-refractivity contribution in [2.24, 2.45) is 17.3 Å². The first-order chi connectivity index (χ1) is 14.2. The fraction of sp³-hybridized carbons (Fsp3) is 0.333. The average Bonchev–Trinajstić information content (AvgIpc) is 2.97. The highest BCUT2D eigenvalue weighted by atomic mass is 32.2. The molecule has 2 N–H and O–H groups in total. The molecule has 0 spiro atoms. The van der Waals surface area contributed by atoms with Gasteiger partial charge in [-0.15, -0.1) is 0 Å². The van der Waals surface area contributed by atoms with Crippen LogP contribution in [-0.4, -0.2) is 27.8 Å². The number of anilines is 1. The highest BCUT2D eigenvalue weighted by Crippen LogP contribution is 2.29. The van der Waals surface area contributed by atoms with Crippen LogP contribution in [0.15, 0.2) is 39.7 Å². The summed E-state index contributed by atoms with van der Waals surface area (Å²) in [5, 5.41) is 11.7. The summed E-state index contributed by atoms with van der Waals surface area (Å²) in [7, 11) is 0.252. The third-order valence-electron chi connectivity index (χ3n) is 4.83. The molecule has 30 heavy (non-hydrogen) atoms. The monoisotopic (exact) mass is 429 g/mol. The number of carbonyl (C=O) groups excluding carboxylic acids is 1. The van der Waals surface area contributed by atoms with Crippen molar-refractivity contribution in [2.75, 3.05) is 12.4 Å². The molecule has 1 aromatic heterocycles. The van der Waals surface area contributed by atoms with Gasteiger partial charge in [0.1, 0.15) is 27.5 Å². The summed E-state index contributed by atoms with van der Waals surface area (Å²) >= 11 is 0. The Labute approximate surface area is 175 Å². The number of aryl methyl sites for hydroxylation is 1.